The third-order valence-corrected chi connectivity index (χ3v) is 3.98. The zero-order valence-electron chi connectivity index (χ0n) is 11.7. The standard InChI is InChI=1S/C15H18N4O2/c20-19(21)14-10-17-13-4-2-1-3-12(13)15(14)18-9-11-5-7-16-8-6-11/h1-4,10-11,16H,5-9H2,(H,17,18). The molecule has 0 atom stereocenters. The number of nitro groups is 1. The summed E-state index contributed by atoms with van der Waals surface area (Å²) in [6, 6.07) is 7.51. The van der Waals surface area contributed by atoms with Crippen molar-refractivity contribution in [2.75, 3.05) is 25.0 Å². The smallest absolute Gasteiger partial charge is 0.311 e. The summed E-state index contributed by atoms with van der Waals surface area (Å²) in [5.41, 5.74) is 1.41. The molecule has 110 valence electrons. The Hall–Kier alpha value is -2.21. The van der Waals surface area contributed by atoms with Gasteiger partial charge < -0.3 is 10.6 Å². The van der Waals surface area contributed by atoms with Crippen LogP contribution in [-0.4, -0.2) is 29.5 Å². The third-order valence-electron chi connectivity index (χ3n) is 3.98. The van der Waals surface area contributed by atoms with Crippen LogP contribution in [0.4, 0.5) is 11.4 Å². The van der Waals surface area contributed by atoms with Gasteiger partial charge in [0.15, 0.2) is 0 Å². The maximum absolute atomic E-state index is 11.2. The van der Waals surface area contributed by atoms with Gasteiger partial charge in [-0.1, -0.05) is 18.2 Å². The Bertz CT molecular complexity index is 653. The fourth-order valence-corrected chi connectivity index (χ4v) is 2.79. The summed E-state index contributed by atoms with van der Waals surface area (Å²) in [6.45, 7) is 2.80. The van der Waals surface area contributed by atoms with Crippen LogP contribution in [0.3, 0.4) is 0 Å². The average molecular weight is 286 g/mol. The van der Waals surface area contributed by atoms with E-state index in [4.69, 9.17) is 0 Å². The van der Waals surface area contributed by atoms with Gasteiger partial charge >= 0.3 is 5.69 Å². The molecule has 0 unspecified atom stereocenters. The van der Waals surface area contributed by atoms with E-state index in [1.54, 1.807) is 0 Å². The monoisotopic (exact) mass is 286 g/mol. The highest BCUT2D eigenvalue weighted by Gasteiger charge is 2.19. The fraction of sp³-hybridized carbons (Fsp3) is 0.400. The van der Waals surface area contributed by atoms with Crippen LogP contribution in [0.2, 0.25) is 0 Å². The molecule has 21 heavy (non-hydrogen) atoms. The molecule has 0 aliphatic carbocycles. The minimum Gasteiger partial charge on any atom is -0.379 e. The van der Waals surface area contributed by atoms with Gasteiger partial charge in [-0.05, 0) is 37.9 Å². The van der Waals surface area contributed by atoms with Crippen LogP contribution in [0.5, 0.6) is 0 Å². The molecule has 1 aliphatic heterocycles. The molecule has 0 spiro atoms. The van der Waals surface area contributed by atoms with Crippen molar-refractivity contribution in [2.24, 2.45) is 5.92 Å². The molecule has 0 bridgehead atoms. The normalized spacial score (nSPS) is 16.0. The number of hydrogen-bond donors (Lipinski definition) is 2. The minimum atomic E-state index is -0.371. The fourth-order valence-electron chi connectivity index (χ4n) is 2.79. The van der Waals surface area contributed by atoms with E-state index in [1.165, 1.54) is 6.20 Å². The van der Waals surface area contributed by atoms with Gasteiger partial charge in [-0.3, -0.25) is 10.1 Å². The van der Waals surface area contributed by atoms with Crippen molar-refractivity contribution >= 4 is 22.3 Å². The van der Waals surface area contributed by atoms with Crippen molar-refractivity contribution in [2.45, 2.75) is 12.8 Å². The Morgan fingerprint density at radius 2 is 2.10 bits per heavy atom. The number of piperidine rings is 1. The molecule has 6 nitrogen and oxygen atoms in total. The predicted octanol–water partition coefficient (Wildman–Crippen LogP) is 2.55. The molecule has 3 rings (SSSR count). The van der Waals surface area contributed by atoms with Gasteiger partial charge in [0.05, 0.1) is 10.4 Å². The largest absolute Gasteiger partial charge is 0.379 e. The van der Waals surface area contributed by atoms with Crippen LogP contribution in [0.15, 0.2) is 30.5 Å². The van der Waals surface area contributed by atoms with E-state index >= 15 is 0 Å². The highest BCUT2D eigenvalue weighted by molar-refractivity contribution is 5.95. The average Bonchev–Trinajstić information content (AvgIpc) is 2.53. The molecule has 0 amide bonds. The Labute approximate surface area is 122 Å². The number of aromatic nitrogens is 1. The van der Waals surface area contributed by atoms with Crippen LogP contribution in [0.25, 0.3) is 10.9 Å². The lowest BCUT2D eigenvalue weighted by Gasteiger charge is -2.23. The first-order chi connectivity index (χ1) is 10.3. The lowest BCUT2D eigenvalue weighted by atomic mass is 9.98. The van der Waals surface area contributed by atoms with Crippen molar-refractivity contribution < 1.29 is 4.92 Å². The van der Waals surface area contributed by atoms with E-state index in [0.29, 0.717) is 11.6 Å². The number of nitrogens with one attached hydrogen (secondary N) is 2. The van der Waals surface area contributed by atoms with Gasteiger partial charge in [0, 0.05) is 11.9 Å². The summed E-state index contributed by atoms with van der Waals surface area (Å²) in [5, 5.41) is 18.7. The highest BCUT2D eigenvalue weighted by atomic mass is 16.6. The molecule has 6 heteroatoms. The molecule has 0 saturated carbocycles. The predicted molar refractivity (Wildman–Crippen MR) is 82.5 cm³/mol. The number of anilines is 1. The molecule has 1 aromatic heterocycles. The van der Waals surface area contributed by atoms with Crippen molar-refractivity contribution in [3.8, 4) is 0 Å². The van der Waals surface area contributed by atoms with Gasteiger partial charge in [-0.2, -0.15) is 0 Å². The number of fused-ring (bicyclic) bond motifs is 1. The van der Waals surface area contributed by atoms with Crippen LogP contribution < -0.4 is 10.6 Å². The Morgan fingerprint density at radius 3 is 2.86 bits per heavy atom. The van der Waals surface area contributed by atoms with E-state index in [9.17, 15) is 10.1 Å². The summed E-state index contributed by atoms with van der Waals surface area (Å²) < 4.78 is 0. The van der Waals surface area contributed by atoms with Crippen LogP contribution in [0, 0.1) is 16.0 Å². The number of para-hydroxylation sites is 1. The molecular weight excluding hydrogens is 268 g/mol. The van der Waals surface area contributed by atoms with Gasteiger partial charge in [-0.15, -0.1) is 0 Å². The van der Waals surface area contributed by atoms with Gasteiger partial charge in [0.25, 0.3) is 0 Å². The van der Waals surface area contributed by atoms with E-state index in [2.05, 4.69) is 15.6 Å². The van der Waals surface area contributed by atoms with Gasteiger partial charge in [0.1, 0.15) is 11.9 Å². The molecule has 1 saturated heterocycles. The van der Waals surface area contributed by atoms with E-state index < -0.39 is 0 Å². The first kappa shape index (κ1) is 13.8. The second-order valence-corrected chi connectivity index (χ2v) is 5.37. The molecule has 2 N–H and O–H groups in total. The molecule has 2 heterocycles. The molecule has 1 aromatic carbocycles. The number of benzene rings is 1. The van der Waals surface area contributed by atoms with Crippen LogP contribution in [0.1, 0.15) is 12.8 Å². The Kier molecular flexibility index (Phi) is 3.96. The number of hydrogen-bond acceptors (Lipinski definition) is 5. The molecule has 0 radical (unpaired) electrons. The number of nitrogens with zero attached hydrogens (tertiary/aromatic N) is 2. The summed E-state index contributed by atoms with van der Waals surface area (Å²) in [5.74, 6) is 0.554. The Morgan fingerprint density at radius 1 is 1.33 bits per heavy atom. The summed E-state index contributed by atoms with van der Waals surface area (Å²) in [6.07, 6.45) is 3.54. The molecule has 1 aliphatic rings. The molecule has 2 aromatic rings. The Balaban J connectivity index is 1.90. The van der Waals surface area contributed by atoms with E-state index in [1.807, 2.05) is 24.3 Å². The minimum absolute atomic E-state index is 0.0441. The van der Waals surface area contributed by atoms with Crippen molar-refractivity contribution in [1.29, 1.82) is 0 Å². The van der Waals surface area contributed by atoms with Crippen molar-refractivity contribution in [3.05, 3.63) is 40.6 Å². The van der Waals surface area contributed by atoms with E-state index in [-0.39, 0.29) is 10.6 Å². The summed E-state index contributed by atoms with van der Waals surface area (Å²) in [7, 11) is 0. The highest BCUT2D eigenvalue weighted by Crippen LogP contribution is 2.31. The van der Waals surface area contributed by atoms with Crippen molar-refractivity contribution in [1.82, 2.24) is 10.3 Å². The van der Waals surface area contributed by atoms with Crippen LogP contribution in [-0.2, 0) is 0 Å². The second kappa shape index (κ2) is 6.05. The lowest BCUT2D eigenvalue weighted by molar-refractivity contribution is -0.384. The first-order valence-corrected chi connectivity index (χ1v) is 7.22. The summed E-state index contributed by atoms with van der Waals surface area (Å²) in [4.78, 5) is 15.0. The zero-order chi connectivity index (χ0) is 14.7. The number of rotatable bonds is 4. The lowest BCUT2D eigenvalue weighted by Crippen LogP contribution is -2.31. The second-order valence-electron chi connectivity index (χ2n) is 5.37. The quantitative estimate of drug-likeness (QED) is 0.667. The maximum Gasteiger partial charge on any atom is 0.311 e. The molecule has 1 fully saturated rings. The number of pyridine rings is 1. The van der Waals surface area contributed by atoms with E-state index in [0.717, 1.165) is 43.4 Å². The van der Waals surface area contributed by atoms with Gasteiger partial charge in [0.2, 0.25) is 0 Å². The summed E-state index contributed by atoms with van der Waals surface area (Å²) >= 11 is 0. The third kappa shape index (κ3) is 2.95. The maximum atomic E-state index is 11.2. The van der Waals surface area contributed by atoms with Crippen molar-refractivity contribution in [3.63, 3.8) is 0 Å². The van der Waals surface area contributed by atoms with Gasteiger partial charge in [-0.25, -0.2) is 4.98 Å². The SMILES string of the molecule is O=[N+]([O-])c1cnc2ccccc2c1NCC1CCNCC1. The topological polar surface area (TPSA) is 80.1 Å². The first-order valence-electron chi connectivity index (χ1n) is 7.22. The molecular formula is C15H18N4O2. The zero-order valence-corrected chi connectivity index (χ0v) is 11.7. The van der Waals surface area contributed by atoms with Crippen LogP contribution >= 0.6 is 0 Å².